The zero-order valence-corrected chi connectivity index (χ0v) is 11.4. The zero-order chi connectivity index (χ0) is 14.1. The molecule has 1 atom stereocenters. The summed E-state index contributed by atoms with van der Waals surface area (Å²) in [7, 11) is 0. The van der Waals surface area contributed by atoms with Gasteiger partial charge in [0, 0.05) is 13.0 Å². The monoisotopic (exact) mass is 259 g/mol. The number of carbonyl (C=O) groups excluding carboxylic acids is 1. The van der Waals surface area contributed by atoms with Crippen LogP contribution >= 0.6 is 0 Å². The molecule has 0 aliphatic carbocycles. The van der Waals surface area contributed by atoms with E-state index in [0.717, 1.165) is 18.4 Å². The Bertz CT molecular complexity index is 451. The smallest absolute Gasteiger partial charge is 0.220 e. The fourth-order valence-corrected chi connectivity index (χ4v) is 1.85. The standard InChI is InChI=1S/C15H21N3O/c1-12(7-8-16)5-6-15(19)18-11-14-4-2-3-13(9-14)10-17/h2-4,9,12H,5-8,11,16H2,1H3,(H,18,19). The SMILES string of the molecule is CC(CCN)CCC(=O)NCc1cccc(C#N)c1. The van der Waals surface area contributed by atoms with Crippen LogP contribution in [0.25, 0.3) is 0 Å². The third-order valence-electron chi connectivity index (χ3n) is 3.07. The summed E-state index contributed by atoms with van der Waals surface area (Å²) in [5.41, 5.74) is 7.03. The molecule has 1 unspecified atom stereocenters. The van der Waals surface area contributed by atoms with Crippen molar-refractivity contribution < 1.29 is 4.79 Å². The first-order valence-electron chi connectivity index (χ1n) is 6.61. The lowest BCUT2D eigenvalue weighted by Gasteiger charge is -2.10. The van der Waals surface area contributed by atoms with Crippen molar-refractivity contribution in [2.45, 2.75) is 32.7 Å². The minimum Gasteiger partial charge on any atom is -0.352 e. The van der Waals surface area contributed by atoms with Gasteiger partial charge < -0.3 is 11.1 Å². The number of nitrogens with one attached hydrogen (secondary N) is 1. The predicted molar refractivity (Wildman–Crippen MR) is 75.1 cm³/mol. The number of carbonyl (C=O) groups is 1. The number of nitrogens with zero attached hydrogens (tertiary/aromatic N) is 1. The molecule has 0 heterocycles. The van der Waals surface area contributed by atoms with Crippen LogP contribution in [0.5, 0.6) is 0 Å². The first-order chi connectivity index (χ1) is 9.15. The lowest BCUT2D eigenvalue weighted by Crippen LogP contribution is -2.23. The fraction of sp³-hybridized carbons (Fsp3) is 0.467. The third-order valence-corrected chi connectivity index (χ3v) is 3.07. The van der Waals surface area contributed by atoms with Crippen molar-refractivity contribution in [3.8, 4) is 6.07 Å². The molecule has 4 heteroatoms. The molecule has 1 aromatic carbocycles. The topological polar surface area (TPSA) is 78.9 Å². The second kappa shape index (κ2) is 8.28. The minimum atomic E-state index is 0.0474. The molecule has 0 aromatic heterocycles. The van der Waals surface area contributed by atoms with Gasteiger partial charge in [0.15, 0.2) is 0 Å². The Labute approximate surface area is 114 Å². The van der Waals surface area contributed by atoms with Crippen molar-refractivity contribution in [1.82, 2.24) is 5.32 Å². The Balaban J connectivity index is 2.32. The molecule has 1 rings (SSSR count). The molecule has 0 fully saturated rings. The largest absolute Gasteiger partial charge is 0.352 e. The molecule has 1 amide bonds. The Morgan fingerprint density at radius 1 is 1.47 bits per heavy atom. The van der Waals surface area contributed by atoms with Crippen LogP contribution in [-0.2, 0) is 11.3 Å². The molecule has 0 radical (unpaired) electrons. The van der Waals surface area contributed by atoms with Crippen molar-refractivity contribution in [3.63, 3.8) is 0 Å². The Kier molecular flexibility index (Phi) is 6.62. The summed E-state index contributed by atoms with van der Waals surface area (Å²) in [6.45, 7) is 3.25. The van der Waals surface area contributed by atoms with Gasteiger partial charge in [0.05, 0.1) is 11.6 Å². The number of nitriles is 1. The molecule has 0 saturated carbocycles. The van der Waals surface area contributed by atoms with Crippen molar-refractivity contribution in [3.05, 3.63) is 35.4 Å². The van der Waals surface area contributed by atoms with Crippen LogP contribution in [0.15, 0.2) is 24.3 Å². The molecule has 0 aliphatic heterocycles. The fourth-order valence-electron chi connectivity index (χ4n) is 1.85. The van der Waals surface area contributed by atoms with E-state index in [1.807, 2.05) is 12.1 Å². The van der Waals surface area contributed by atoms with Gasteiger partial charge in [0.1, 0.15) is 0 Å². The normalized spacial score (nSPS) is 11.6. The highest BCUT2D eigenvalue weighted by Gasteiger charge is 2.06. The van der Waals surface area contributed by atoms with Crippen molar-refractivity contribution >= 4 is 5.91 Å². The first-order valence-corrected chi connectivity index (χ1v) is 6.61. The van der Waals surface area contributed by atoms with Crippen LogP contribution in [0, 0.1) is 17.2 Å². The van der Waals surface area contributed by atoms with E-state index in [9.17, 15) is 4.79 Å². The van der Waals surface area contributed by atoms with Crippen LogP contribution < -0.4 is 11.1 Å². The van der Waals surface area contributed by atoms with E-state index < -0.39 is 0 Å². The molecule has 0 spiro atoms. The summed E-state index contributed by atoms with van der Waals surface area (Å²) in [5, 5.41) is 11.7. The summed E-state index contributed by atoms with van der Waals surface area (Å²) < 4.78 is 0. The van der Waals surface area contributed by atoms with Crippen LogP contribution in [0.1, 0.15) is 37.3 Å². The van der Waals surface area contributed by atoms with Gasteiger partial charge >= 0.3 is 0 Å². The van der Waals surface area contributed by atoms with Crippen molar-refractivity contribution in [2.24, 2.45) is 11.7 Å². The molecule has 1 aromatic rings. The second-order valence-electron chi connectivity index (χ2n) is 4.81. The molecule has 3 N–H and O–H groups in total. The molecule has 19 heavy (non-hydrogen) atoms. The summed E-state index contributed by atoms with van der Waals surface area (Å²) >= 11 is 0. The van der Waals surface area contributed by atoms with Gasteiger partial charge in [-0.15, -0.1) is 0 Å². The van der Waals surface area contributed by atoms with Crippen LogP contribution in [-0.4, -0.2) is 12.5 Å². The van der Waals surface area contributed by atoms with E-state index in [1.54, 1.807) is 12.1 Å². The second-order valence-corrected chi connectivity index (χ2v) is 4.81. The molecule has 0 saturated heterocycles. The number of benzene rings is 1. The molecule has 4 nitrogen and oxygen atoms in total. The highest BCUT2D eigenvalue weighted by Crippen LogP contribution is 2.09. The van der Waals surface area contributed by atoms with Crippen LogP contribution in [0.2, 0.25) is 0 Å². The van der Waals surface area contributed by atoms with Gasteiger partial charge in [-0.3, -0.25) is 4.79 Å². The Morgan fingerprint density at radius 3 is 2.95 bits per heavy atom. The molecule has 0 bridgehead atoms. The van der Waals surface area contributed by atoms with Crippen LogP contribution in [0.4, 0.5) is 0 Å². The minimum absolute atomic E-state index is 0.0474. The highest BCUT2D eigenvalue weighted by atomic mass is 16.1. The maximum Gasteiger partial charge on any atom is 0.220 e. The maximum absolute atomic E-state index is 11.7. The number of hydrogen-bond acceptors (Lipinski definition) is 3. The number of amides is 1. The van der Waals surface area contributed by atoms with Gasteiger partial charge in [-0.25, -0.2) is 0 Å². The molecular formula is C15H21N3O. The lowest BCUT2D eigenvalue weighted by molar-refractivity contribution is -0.121. The quantitative estimate of drug-likeness (QED) is 0.785. The molecule has 0 aliphatic rings. The van der Waals surface area contributed by atoms with Gasteiger partial charge in [-0.1, -0.05) is 19.1 Å². The van der Waals surface area contributed by atoms with Crippen molar-refractivity contribution in [2.75, 3.05) is 6.54 Å². The Morgan fingerprint density at radius 2 is 2.26 bits per heavy atom. The van der Waals surface area contributed by atoms with E-state index in [2.05, 4.69) is 18.3 Å². The van der Waals surface area contributed by atoms with E-state index in [0.29, 0.717) is 31.0 Å². The number of rotatable bonds is 7. The summed E-state index contributed by atoms with van der Waals surface area (Å²) in [6.07, 6.45) is 2.35. The van der Waals surface area contributed by atoms with E-state index in [4.69, 9.17) is 11.0 Å². The van der Waals surface area contributed by atoms with Gasteiger partial charge in [-0.05, 0) is 43.0 Å². The van der Waals surface area contributed by atoms with E-state index in [1.165, 1.54) is 0 Å². The summed E-state index contributed by atoms with van der Waals surface area (Å²) in [5.74, 6) is 0.531. The highest BCUT2D eigenvalue weighted by molar-refractivity contribution is 5.75. The zero-order valence-electron chi connectivity index (χ0n) is 11.4. The van der Waals surface area contributed by atoms with Gasteiger partial charge in [0.25, 0.3) is 0 Å². The number of hydrogen-bond donors (Lipinski definition) is 2. The lowest BCUT2D eigenvalue weighted by atomic mass is 10.0. The summed E-state index contributed by atoms with van der Waals surface area (Å²) in [6, 6.07) is 9.35. The van der Waals surface area contributed by atoms with Crippen molar-refractivity contribution in [1.29, 1.82) is 5.26 Å². The average molecular weight is 259 g/mol. The van der Waals surface area contributed by atoms with E-state index >= 15 is 0 Å². The predicted octanol–water partition coefficient (Wildman–Crippen LogP) is 1.94. The summed E-state index contributed by atoms with van der Waals surface area (Å²) in [4.78, 5) is 11.7. The molecule has 102 valence electrons. The molecular weight excluding hydrogens is 238 g/mol. The van der Waals surface area contributed by atoms with Gasteiger partial charge in [-0.2, -0.15) is 5.26 Å². The van der Waals surface area contributed by atoms with Crippen LogP contribution in [0.3, 0.4) is 0 Å². The average Bonchev–Trinajstić information content (AvgIpc) is 2.43. The number of nitrogens with two attached hydrogens (primary N) is 1. The van der Waals surface area contributed by atoms with E-state index in [-0.39, 0.29) is 5.91 Å². The maximum atomic E-state index is 11.7. The van der Waals surface area contributed by atoms with Gasteiger partial charge in [0.2, 0.25) is 5.91 Å². The first kappa shape index (κ1) is 15.2. The third kappa shape index (κ3) is 6.03. The Hall–Kier alpha value is -1.86.